The molecule has 0 aliphatic heterocycles. The molecule has 0 aromatic carbocycles. The fourth-order valence-electron chi connectivity index (χ4n) is 0.112. The van der Waals surface area contributed by atoms with Gasteiger partial charge in [0.15, 0.2) is 0 Å². The summed E-state index contributed by atoms with van der Waals surface area (Å²) in [6.07, 6.45) is 0. The molecule has 8 heavy (non-hydrogen) atoms. The highest BCUT2D eigenvalue weighted by atomic mass is 14.7. The minimum absolute atomic E-state index is 0.750. The highest BCUT2D eigenvalue weighted by Crippen LogP contribution is 1.53. The smallest absolute Gasteiger partial charge is 0.0455 e. The van der Waals surface area contributed by atoms with Crippen molar-refractivity contribution in [2.45, 2.75) is 13.8 Å². The van der Waals surface area contributed by atoms with E-state index in [-0.39, 0.29) is 0 Å². The van der Waals surface area contributed by atoms with Crippen LogP contribution in [0.1, 0.15) is 13.8 Å². The maximum Gasteiger partial charge on any atom is 0.0455 e. The molecule has 0 spiro atoms. The third-order valence-electron chi connectivity index (χ3n) is 0.270. The predicted octanol–water partition coefficient (Wildman–Crippen LogP) is 0.827. The van der Waals surface area contributed by atoms with Gasteiger partial charge in [0.25, 0.3) is 0 Å². The van der Waals surface area contributed by atoms with Crippen LogP contribution in [0.25, 0.3) is 0 Å². The SMILES string of the molecule is C=C=NCC.CCN. The van der Waals surface area contributed by atoms with Gasteiger partial charge < -0.3 is 5.73 Å². The summed E-state index contributed by atoms with van der Waals surface area (Å²) in [6.45, 7) is 8.65. The van der Waals surface area contributed by atoms with Crippen LogP contribution in [0, 0.1) is 0 Å². The molecule has 0 atom stereocenters. The number of nitrogens with zero attached hydrogens (tertiary/aromatic N) is 1. The predicted molar refractivity (Wildman–Crippen MR) is 38.3 cm³/mol. The molecule has 0 aromatic rings. The van der Waals surface area contributed by atoms with Crippen LogP contribution >= 0.6 is 0 Å². The minimum Gasteiger partial charge on any atom is -0.331 e. The van der Waals surface area contributed by atoms with Crippen molar-refractivity contribution in [2.75, 3.05) is 13.1 Å². The van der Waals surface area contributed by atoms with Crippen molar-refractivity contribution in [3.8, 4) is 0 Å². The lowest BCUT2D eigenvalue weighted by molar-refractivity contribution is 1.14. The van der Waals surface area contributed by atoms with E-state index < -0.39 is 0 Å². The Balaban J connectivity index is 0. The Labute approximate surface area is 51.1 Å². The molecule has 2 heteroatoms. The van der Waals surface area contributed by atoms with Crippen LogP contribution in [0.3, 0.4) is 0 Å². The van der Waals surface area contributed by atoms with Crippen molar-refractivity contribution < 1.29 is 0 Å². The molecule has 0 saturated carbocycles. The summed E-state index contributed by atoms with van der Waals surface area (Å²) in [4.78, 5) is 3.61. The second-order valence-corrected chi connectivity index (χ2v) is 1.04. The van der Waals surface area contributed by atoms with Crippen LogP contribution in [0.15, 0.2) is 11.6 Å². The monoisotopic (exact) mass is 114 g/mol. The molecule has 2 N–H and O–H groups in total. The zero-order chi connectivity index (χ0) is 6.83. The van der Waals surface area contributed by atoms with Crippen LogP contribution in [-0.2, 0) is 0 Å². The first-order valence-electron chi connectivity index (χ1n) is 2.72. The average molecular weight is 114 g/mol. The first-order chi connectivity index (χ1) is 3.83. The Bertz CT molecular complexity index is 62.9. The van der Waals surface area contributed by atoms with Crippen molar-refractivity contribution in [3.05, 3.63) is 6.58 Å². The van der Waals surface area contributed by atoms with Crippen LogP contribution in [0.4, 0.5) is 0 Å². The molecule has 0 amide bonds. The summed E-state index contributed by atoms with van der Waals surface area (Å²) in [6, 6.07) is 0. The second-order valence-electron chi connectivity index (χ2n) is 1.04. The lowest BCUT2D eigenvalue weighted by Gasteiger charge is -1.61. The third-order valence-corrected chi connectivity index (χ3v) is 0.270. The summed E-state index contributed by atoms with van der Waals surface area (Å²) in [5, 5.41) is 0. The zero-order valence-corrected chi connectivity index (χ0v) is 5.65. The van der Waals surface area contributed by atoms with Crippen molar-refractivity contribution in [1.82, 2.24) is 0 Å². The van der Waals surface area contributed by atoms with Crippen molar-refractivity contribution in [1.29, 1.82) is 0 Å². The van der Waals surface area contributed by atoms with Gasteiger partial charge in [0.1, 0.15) is 0 Å². The normalized spacial score (nSPS) is 5.88. The van der Waals surface area contributed by atoms with Gasteiger partial charge in [0, 0.05) is 6.54 Å². The largest absolute Gasteiger partial charge is 0.331 e. The molecule has 0 radical (unpaired) electrons. The highest BCUT2D eigenvalue weighted by Gasteiger charge is 1.48. The van der Waals surface area contributed by atoms with Gasteiger partial charge in [0.2, 0.25) is 0 Å². The van der Waals surface area contributed by atoms with E-state index in [0.29, 0.717) is 0 Å². The van der Waals surface area contributed by atoms with Gasteiger partial charge in [-0.3, -0.25) is 0 Å². The second kappa shape index (κ2) is 16.1. The van der Waals surface area contributed by atoms with Crippen LogP contribution in [-0.4, -0.2) is 19.0 Å². The van der Waals surface area contributed by atoms with Gasteiger partial charge in [-0.25, -0.2) is 4.99 Å². The molecule has 0 fully saturated rings. The Morgan fingerprint density at radius 2 is 2.00 bits per heavy atom. The maximum atomic E-state index is 4.85. The van der Waals surface area contributed by atoms with E-state index in [1.165, 1.54) is 0 Å². The number of hydrogen-bond acceptors (Lipinski definition) is 2. The fourth-order valence-corrected chi connectivity index (χ4v) is 0.112. The zero-order valence-electron chi connectivity index (χ0n) is 5.65. The van der Waals surface area contributed by atoms with Crippen LogP contribution in [0.5, 0.6) is 0 Å². The maximum absolute atomic E-state index is 4.85. The summed E-state index contributed by atoms with van der Waals surface area (Å²) in [5.41, 5.74) is 4.85. The Hall–Kier alpha value is -0.590. The highest BCUT2D eigenvalue weighted by molar-refractivity contribution is 5.46. The van der Waals surface area contributed by atoms with E-state index in [2.05, 4.69) is 17.4 Å². The molecule has 0 rings (SSSR count). The van der Waals surface area contributed by atoms with Gasteiger partial charge in [-0.1, -0.05) is 6.92 Å². The Kier molecular flexibility index (Phi) is 21.0. The van der Waals surface area contributed by atoms with Gasteiger partial charge >= 0.3 is 0 Å². The molecule has 0 heterocycles. The third kappa shape index (κ3) is 52.9. The number of aliphatic imine (C=N–C) groups is 1. The van der Waals surface area contributed by atoms with E-state index in [9.17, 15) is 0 Å². The standard InChI is InChI=1S/C4H7N.C2H7N/c1-3-5-4-2;1-2-3/h1,4H2,2H3;2-3H2,1H3. The molecule has 0 aliphatic rings. The summed E-state index contributed by atoms with van der Waals surface area (Å²) in [7, 11) is 0. The summed E-state index contributed by atoms with van der Waals surface area (Å²) in [5.74, 6) is 2.39. The molecule has 48 valence electrons. The molecule has 0 saturated heterocycles. The van der Waals surface area contributed by atoms with Crippen molar-refractivity contribution in [3.63, 3.8) is 0 Å². The quantitative estimate of drug-likeness (QED) is 0.504. The lowest BCUT2D eigenvalue weighted by Crippen LogP contribution is -1.87. The summed E-state index contributed by atoms with van der Waals surface area (Å²) >= 11 is 0. The topological polar surface area (TPSA) is 38.4 Å². The van der Waals surface area contributed by atoms with E-state index in [1.54, 1.807) is 0 Å². The molecule has 2 nitrogen and oxygen atoms in total. The Morgan fingerprint density at radius 3 is 2.00 bits per heavy atom. The molecule has 0 unspecified atom stereocenters. The first-order valence-corrected chi connectivity index (χ1v) is 2.72. The van der Waals surface area contributed by atoms with E-state index >= 15 is 0 Å². The Morgan fingerprint density at radius 1 is 1.62 bits per heavy atom. The molecule has 0 aromatic heterocycles. The van der Waals surface area contributed by atoms with Crippen molar-refractivity contribution >= 4 is 5.87 Å². The lowest BCUT2D eigenvalue weighted by atomic mass is 10.8. The van der Waals surface area contributed by atoms with Gasteiger partial charge in [-0.2, -0.15) is 0 Å². The molecular weight excluding hydrogens is 100 g/mol. The van der Waals surface area contributed by atoms with Crippen LogP contribution in [0.2, 0.25) is 0 Å². The molecule has 0 bridgehead atoms. The average Bonchev–Trinajstić information content (AvgIpc) is 1.71. The number of hydrogen-bond donors (Lipinski definition) is 1. The summed E-state index contributed by atoms with van der Waals surface area (Å²) < 4.78 is 0. The molecular formula is C6H14N2. The number of nitrogens with two attached hydrogens (primary N) is 1. The van der Waals surface area contributed by atoms with E-state index in [0.717, 1.165) is 13.1 Å². The van der Waals surface area contributed by atoms with Crippen molar-refractivity contribution in [2.24, 2.45) is 10.7 Å². The van der Waals surface area contributed by atoms with Crippen LogP contribution < -0.4 is 5.73 Å². The minimum atomic E-state index is 0.750. The van der Waals surface area contributed by atoms with Gasteiger partial charge in [-0.15, -0.1) is 0 Å². The van der Waals surface area contributed by atoms with Gasteiger partial charge in [-0.05, 0) is 25.9 Å². The fraction of sp³-hybridized carbons (Fsp3) is 0.667. The number of rotatable bonds is 1. The first kappa shape index (κ1) is 10.4. The van der Waals surface area contributed by atoms with E-state index in [1.807, 2.05) is 13.8 Å². The van der Waals surface area contributed by atoms with Gasteiger partial charge in [0.05, 0.1) is 0 Å². The molecule has 0 aliphatic carbocycles. The van der Waals surface area contributed by atoms with E-state index in [4.69, 9.17) is 5.73 Å².